The topological polar surface area (TPSA) is 66.0 Å². The highest BCUT2D eigenvalue weighted by molar-refractivity contribution is 5.96. The molecule has 0 aliphatic rings. The number of nitrogens with zero attached hydrogens (tertiary/aromatic N) is 2. The predicted octanol–water partition coefficient (Wildman–Crippen LogP) is 7.77. The van der Waals surface area contributed by atoms with Gasteiger partial charge in [-0.1, -0.05) is 66.2 Å². The maximum Gasteiger partial charge on any atom is 0.145 e. The minimum atomic E-state index is 0.467. The zero-order valence-corrected chi connectivity index (χ0v) is 20.2. The maximum atomic E-state index is 9.69. The monoisotopic (exact) mass is 434 g/mol. The van der Waals surface area contributed by atoms with E-state index in [1.165, 1.54) is 25.7 Å². The molecule has 2 rings (SSSR count). The van der Waals surface area contributed by atoms with Crippen LogP contribution in [0, 0.1) is 34.5 Å². The van der Waals surface area contributed by atoms with E-state index in [4.69, 9.17) is 9.47 Å². The number of unbranched alkanes of at least 4 members (excludes halogenated alkanes) is 2. The van der Waals surface area contributed by atoms with Gasteiger partial charge in [-0.25, -0.2) is 0 Å². The Labute approximate surface area is 194 Å². The molecule has 0 spiro atoms. The fourth-order valence-corrected chi connectivity index (χ4v) is 4.04. The number of ether oxygens (including phenoxy) is 2. The molecule has 0 heterocycles. The first-order chi connectivity index (χ1) is 15.6. The summed E-state index contributed by atoms with van der Waals surface area (Å²) >= 11 is 0. The van der Waals surface area contributed by atoms with Crippen LogP contribution in [0.15, 0.2) is 24.3 Å². The average Bonchev–Trinajstić information content (AvgIpc) is 2.83. The lowest BCUT2D eigenvalue weighted by Crippen LogP contribution is -2.13. The van der Waals surface area contributed by atoms with E-state index in [0.717, 1.165) is 36.5 Å². The van der Waals surface area contributed by atoms with Crippen LogP contribution in [0.5, 0.6) is 11.5 Å². The van der Waals surface area contributed by atoms with Crippen molar-refractivity contribution in [3.05, 3.63) is 35.4 Å². The smallest absolute Gasteiger partial charge is 0.145 e. The third-order valence-corrected chi connectivity index (χ3v) is 6.36. The van der Waals surface area contributed by atoms with Crippen LogP contribution in [0.1, 0.15) is 90.2 Å². The second-order valence-corrected chi connectivity index (χ2v) is 8.66. The normalized spacial score (nSPS) is 12.7. The van der Waals surface area contributed by atoms with Gasteiger partial charge in [-0.15, -0.1) is 0 Å². The Hall–Kier alpha value is -2.72. The van der Waals surface area contributed by atoms with Gasteiger partial charge in [0.05, 0.1) is 24.3 Å². The summed E-state index contributed by atoms with van der Waals surface area (Å²) in [6, 6.07) is 11.9. The molecule has 2 aromatic rings. The summed E-state index contributed by atoms with van der Waals surface area (Å²) in [5.74, 6) is 2.14. The van der Waals surface area contributed by atoms with E-state index in [1.54, 1.807) is 12.1 Å². The molecule has 4 nitrogen and oxygen atoms in total. The van der Waals surface area contributed by atoms with Crippen molar-refractivity contribution in [3.8, 4) is 23.6 Å². The Bertz CT molecular complexity index is 862. The Morgan fingerprint density at radius 2 is 1.09 bits per heavy atom. The zero-order valence-electron chi connectivity index (χ0n) is 20.2. The number of rotatable bonds is 14. The SMILES string of the molecule is CCCCC(CC)COc1c(C#N)ccc2c(OCC(CC)CCCC)c(C#N)ccc12. The number of benzene rings is 2. The molecule has 0 fully saturated rings. The number of hydrogen-bond donors (Lipinski definition) is 0. The van der Waals surface area contributed by atoms with Crippen molar-refractivity contribution in [1.82, 2.24) is 0 Å². The van der Waals surface area contributed by atoms with Gasteiger partial charge >= 0.3 is 0 Å². The molecular weight excluding hydrogens is 396 g/mol. The summed E-state index contributed by atoms with van der Waals surface area (Å²) in [6.45, 7) is 9.96. The largest absolute Gasteiger partial charge is 0.491 e. The van der Waals surface area contributed by atoms with Crippen molar-refractivity contribution >= 4 is 10.8 Å². The van der Waals surface area contributed by atoms with Gasteiger partial charge in [-0.2, -0.15) is 10.5 Å². The van der Waals surface area contributed by atoms with Crippen LogP contribution in [0.25, 0.3) is 10.8 Å². The second-order valence-electron chi connectivity index (χ2n) is 8.66. The van der Waals surface area contributed by atoms with Crippen molar-refractivity contribution < 1.29 is 9.47 Å². The molecule has 2 atom stereocenters. The van der Waals surface area contributed by atoms with Crippen molar-refractivity contribution in [1.29, 1.82) is 10.5 Å². The summed E-state index contributed by atoms with van der Waals surface area (Å²) in [4.78, 5) is 0. The molecule has 32 heavy (non-hydrogen) atoms. The molecule has 172 valence electrons. The molecule has 0 aliphatic heterocycles. The Balaban J connectivity index is 2.38. The number of fused-ring (bicyclic) bond motifs is 1. The summed E-state index contributed by atoms with van der Waals surface area (Å²) < 4.78 is 12.5. The summed E-state index contributed by atoms with van der Waals surface area (Å²) in [5.41, 5.74) is 1.04. The van der Waals surface area contributed by atoms with Gasteiger partial charge in [0.2, 0.25) is 0 Å². The third-order valence-electron chi connectivity index (χ3n) is 6.36. The predicted molar refractivity (Wildman–Crippen MR) is 131 cm³/mol. The molecule has 4 heteroatoms. The van der Waals surface area contributed by atoms with Gasteiger partial charge < -0.3 is 9.47 Å². The van der Waals surface area contributed by atoms with E-state index in [9.17, 15) is 10.5 Å². The summed E-state index contributed by atoms with van der Waals surface area (Å²) in [6.07, 6.45) is 9.06. The molecule has 0 saturated carbocycles. The Morgan fingerprint density at radius 3 is 1.41 bits per heavy atom. The highest BCUT2D eigenvalue weighted by Gasteiger charge is 2.18. The lowest BCUT2D eigenvalue weighted by Gasteiger charge is -2.20. The van der Waals surface area contributed by atoms with Crippen molar-refractivity contribution in [2.24, 2.45) is 11.8 Å². The number of hydrogen-bond acceptors (Lipinski definition) is 4. The molecular formula is C28H38N2O2. The van der Waals surface area contributed by atoms with E-state index in [-0.39, 0.29) is 0 Å². The van der Waals surface area contributed by atoms with Gasteiger partial charge in [0.25, 0.3) is 0 Å². The van der Waals surface area contributed by atoms with Crippen LogP contribution in [-0.4, -0.2) is 13.2 Å². The standard InChI is InChI=1S/C28H38N2O2/c1-5-9-11-21(7-3)19-31-27-23(17-29)13-16-26-25(27)15-14-24(18-30)28(26)32-20-22(8-4)12-10-6-2/h13-16,21-22H,5-12,19-20H2,1-4H3. The quantitative estimate of drug-likeness (QED) is 0.304. The highest BCUT2D eigenvalue weighted by atomic mass is 16.5. The van der Waals surface area contributed by atoms with E-state index in [0.29, 0.717) is 47.7 Å². The van der Waals surface area contributed by atoms with Crippen LogP contribution in [-0.2, 0) is 0 Å². The van der Waals surface area contributed by atoms with Gasteiger partial charge in [0, 0.05) is 10.8 Å². The molecule has 0 amide bonds. The van der Waals surface area contributed by atoms with Crippen LogP contribution < -0.4 is 9.47 Å². The molecule has 0 radical (unpaired) electrons. The van der Waals surface area contributed by atoms with Crippen molar-refractivity contribution in [2.75, 3.05) is 13.2 Å². The Morgan fingerprint density at radius 1 is 0.688 bits per heavy atom. The average molecular weight is 435 g/mol. The molecule has 0 bridgehead atoms. The molecule has 0 N–H and O–H groups in total. The van der Waals surface area contributed by atoms with Gasteiger partial charge in [-0.05, 0) is 48.9 Å². The first kappa shape index (κ1) is 25.5. The molecule has 0 aromatic heterocycles. The molecule has 2 unspecified atom stereocenters. The van der Waals surface area contributed by atoms with Gasteiger partial charge in [-0.3, -0.25) is 0 Å². The van der Waals surface area contributed by atoms with Crippen LogP contribution in [0.3, 0.4) is 0 Å². The van der Waals surface area contributed by atoms with Gasteiger partial charge in [0.15, 0.2) is 0 Å². The second kappa shape index (κ2) is 13.6. The summed E-state index contributed by atoms with van der Waals surface area (Å²) in [5, 5.41) is 21.1. The lowest BCUT2D eigenvalue weighted by atomic mass is 9.99. The molecule has 0 saturated heterocycles. The lowest BCUT2D eigenvalue weighted by molar-refractivity contribution is 0.233. The van der Waals surface area contributed by atoms with Crippen LogP contribution >= 0.6 is 0 Å². The van der Waals surface area contributed by atoms with Crippen LogP contribution in [0.2, 0.25) is 0 Å². The molecule has 0 aliphatic carbocycles. The fraction of sp³-hybridized carbons (Fsp3) is 0.571. The van der Waals surface area contributed by atoms with Crippen molar-refractivity contribution in [3.63, 3.8) is 0 Å². The minimum Gasteiger partial charge on any atom is -0.491 e. The van der Waals surface area contributed by atoms with E-state index in [1.807, 2.05) is 12.1 Å². The zero-order chi connectivity index (χ0) is 23.3. The number of nitriles is 2. The Kier molecular flexibility index (Phi) is 10.9. The van der Waals surface area contributed by atoms with E-state index < -0.39 is 0 Å². The van der Waals surface area contributed by atoms with E-state index in [2.05, 4.69) is 39.8 Å². The van der Waals surface area contributed by atoms with Crippen molar-refractivity contribution in [2.45, 2.75) is 79.1 Å². The first-order valence-electron chi connectivity index (χ1n) is 12.3. The first-order valence-corrected chi connectivity index (χ1v) is 12.3. The molecule has 2 aromatic carbocycles. The highest BCUT2D eigenvalue weighted by Crippen LogP contribution is 2.38. The summed E-state index contributed by atoms with van der Waals surface area (Å²) in [7, 11) is 0. The fourth-order valence-electron chi connectivity index (χ4n) is 4.04. The van der Waals surface area contributed by atoms with E-state index >= 15 is 0 Å². The third kappa shape index (κ3) is 6.64. The minimum absolute atomic E-state index is 0.467. The maximum absolute atomic E-state index is 9.69. The van der Waals surface area contributed by atoms with Crippen LogP contribution in [0.4, 0.5) is 0 Å². The van der Waals surface area contributed by atoms with Gasteiger partial charge in [0.1, 0.15) is 23.6 Å².